The maximum absolute atomic E-state index is 13.5. The minimum atomic E-state index is -4.73. The summed E-state index contributed by atoms with van der Waals surface area (Å²) < 4.78 is 107. The fourth-order valence-corrected chi connectivity index (χ4v) is 4.99. The van der Waals surface area contributed by atoms with E-state index in [9.17, 15) is 44.7 Å². The van der Waals surface area contributed by atoms with Crippen molar-refractivity contribution in [2.24, 2.45) is 11.5 Å². The monoisotopic (exact) mass is 766 g/mol. The Kier molecular flexibility index (Phi) is 10.4. The molecule has 2 heterocycles. The zero-order chi connectivity index (χ0) is 38.1. The molecule has 0 bridgehead atoms. The second kappa shape index (κ2) is 14.5. The number of halogens is 10. The molecule has 0 saturated heterocycles. The molecule has 0 atom stereocenters. The van der Waals surface area contributed by atoms with E-state index in [2.05, 4.69) is 10.2 Å². The number of amides is 2. The summed E-state index contributed by atoms with van der Waals surface area (Å²) in [5.74, 6) is -3.67. The topological polar surface area (TPSA) is 122 Å². The third-order valence-electron chi connectivity index (χ3n) is 7.22. The zero-order valence-corrected chi connectivity index (χ0v) is 27.3. The van der Waals surface area contributed by atoms with E-state index in [0.717, 1.165) is 39.7 Å². The van der Waals surface area contributed by atoms with Crippen molar-refractivity contribution in [2.75, 3.05) is 0 Å². The van der Waals surface area contributed by atoms with Crippen molar-refractivity contribution in [1.82, 2.24) is 19.6 Å². The highest BCUT2D eigenvalue weighted by molar-refractivity contribution is 6.42. The van der Waals surface area contributed by atoms with Gasteiger partial charge in [-0.05, 0) is 91.0 Å². The average molecular weight is 767 g/mol. The Labute approximate surface area is 297 Å². The average Bonchev–Trinajstić information content (AvgIpc) is 3.74. The molecule has 6 aromatic rings. The van der Waals surface area contributed by atoms with E-state index < -0.39 is 47.2 Å². The predicted molar refractivity (Wildman–Crippen MR) is 175 cm³/mol. The molecule has 8 nitrogen and oxygen atoms in total. The molecule has 18 heteroatoms. The smallest absolute Gasteiger partial charge is 0.366 e. The highest BCUT2D eigenvalue weighted by Crippen LogP contribution is 2.36. The maximum atomic E-state index is 13.5. The number of alkyl halides is 6. The normalized spacial score (nSPS) is 11.6. The number of aromatic nitrogens is 4. The fraction of sp³-hybridized carbons (Fsp3) is 0.0588. The molecule has 4 aromatic carbocycles. The summed E-state index contributed by atoms with van der Waals surface area (Å²) in [6, 6.07) is 19.9. The fourth-order valence-electron chi connectivity index (χ4n) is 4.69. The van der Waals surface area contributed by atoms with Crippen LogP contribution in [0.3, 0.4) is 0 Å². The van der Waals surface area contributed by atoms with Crippen LogP contribution in [0.25, 0.3) is 33.9 Å². The molecule has 0 radical (unpaired) electrons. The number of nitrogens with zero attached hydrogens (tertiary/aromatic N) is 4. The first-order valence-electron chi connectivity index (χ1n) is 14.4. The van der Waals surface area contributed by atoms with Gasteiger partial charge in [-0.1, -0.05) is 29.3 Å². The Bertz CT molecular complexity index is 2120. The van der Waals surface area contributed by atoms with Gasteiger partial charge in [0, 0.05) is 22.3 Å². The Morgan fingerprint density at radius 1 is 0.538 bits per heavy atom. The van der Waals surface area contributed by atoms with Gasteiger partial charge in [0.15, 0.2) is 23.0 Å². The van der Waals surface area contributed by atoms with Crippen molar-refractivity contribution in [2.45, 2.75) is 12.4 Å². The van der Waals surface area contributed by atoms with Crippen molar-refractivity contribution in [1.29, 1.82) is 0 Å². The van der Waals surface area contributed by atoms with E-state index >= 15 is 0 Å². The lowest BCUT2D eigenvalue weighted by Gasteiger charge is -2.09. The van der Waals surface area contributed by atoms with Crippen molar-refractivity contribution >= 4 is 35.0 Å². The van der Waals surface area contributed by atoms with Crippen LogP contribution >= 0.6 is 23.2 Å². The SMILES string of the molecule is NC(=O)c1ccc(-n2nc(C(F)(F)F)cc2-c2ccc(Cl)c(Cl)c2)cc1.NC(=O)c1ccc(-n2nc(C(F)(F)F)cc2-c2ccc(F)c(F)c2)cc1. The van der Waals surface area contributed by atoms with Gasteiger partial charge in [0.2, 0.25) is 11.8 Å². The largest absolute Gasteiger partial charge is 0.435 e. The number of hydrogen-bond donors (Lipinski definition) is 2. The number of rotatable bonds is 6. The standard InChI is InChI=1S/C17H10Cl2F3N3O.C17H10F5N3O/c2*18-12-6-3-10(7-13(12)19)14-8-15(17(20,21)22)24-25(14)11-4-1-9(2-5-11)16(23)26/h2*1-8H,(H2,23,26). The van der Waals surface area contributed by atoms with Gasteiger partial charge in [0.1, 0.15) is 0 Å². The molecule has 0 saturated carbocycles. The lowest BCUT2D eigenvalue weighted by Crippen LogP contribution is -2.11. The van der Waals surface area contributed by atoms with Crippen LogP contribution in [-0.2, 0) is 12.4 Å². The van der Waals surface area contributed by atoms with Gasteiger partial charge in [0.25, 0.3) is 0 Å². The maximum Gasteiger partial charge on any atom is 0.435 e. The molecule has 4 N–H and O–H groups in total. The predicted octanol–water partition coefficient (Wildman–Crippen LogP) is 8.90. The van der Waals surface area contributed by atoms with Crippen molar-refractivity contribution in [3.63, 3.8) is 0 Å². The number of nitrogens with two attached hydrogens (primary N) is 2. The van der Waals surface area contributed by atoms with Crippen LogP contribution in [0.15, 0.2) is 97.1 Å². The van der Waals surface area contributed by atoms with Gasteiger partial charge in [-0.15, -0.1) is 0 Å². The molecule has 2 aromatic heterocycles. The lowest BCUT2D eigenvalue weighted by molar-refractivity contribution is -0.142. The van der Waals surface area contributed by atoms with Gasteiger partial charge >= 0.3 is 12.4 Å². The Balaban J connectivity index is 0.000000201. The lowest BCUT2D eigenvalue weighted by atomic mass is 10.1. The molecular formula is C34H20Cl2F8N6O2. The molecule has 0 aliphatic carbocycles. The van der Waals surface area contributed by atoms with Gasteiger partial charge < -0.3 is 11.5 Å². The summed E-state index contributed by atoms with van der Waals surface area (Å²) in [5.41, 5.74) is 9.43. The molecule has 2 amide bonds. The Morgan fingerprint density at radius 3 is 1.31 bits per heavy atom. The van der Waals surface area contributed by atoms with E-state index in [1.54, 1.807) is 6.07 Å². The molecule has 0 unspecified atom stereocenters. The summed E-state index contributed by atoms with van der Waals surface area (Å²) in [5, 5.41) is 7.65. The van der Waals surface area contributed by atoms with E-state index in [0.29, 0.717) is 11.3 Å². The first-order valence-corrected chi connectivity index (χ1v) is 15.1. The van der Waals surface area contributed by atoms with Gasteiger partial charge in [-0.25, -0.2) is 18.1 Å². The van der Waals surface area contributed by atoms with Crippen LogP contribution in [0.5, 0.6) is 0 Å². The molecular weight excluding hydrogens is 747 g/mol. The highest BCUT2D eigenvalue weighted by atomic mass is 35.5. The van der Waals surface area contributed by atoms with Crippen LogP contribution < -0.4 is 11.5 Å². The van der Waals surface area contributed by atoms with Gasteiger partial charge in [0.05, 0.1) is 32.8 Å². The first-order chi connectivity index (χ1) is 24.3. The number of benzene rings is 4. The van der Waals surface area contributed by atoms with Crippen molar-refractivity contribution in [3.8, 4) is 33.9 Å². The van der Waals surface area contributed by atoms with E-state index in [4.69, 9.17) is 34.7 Å². The van der Waals surface area contributed by atoms with Crippen LogP contribution in [0.1, 0.15) is 32.1 Å². The van der Waals surface area contributed by atoms with Crippen LogP contribution in [0, 0.1) is 11.6 Å². The molecule has 0 aliphatic heterocycles. The van der Waals surface area contributed by atoms with Crippen LogP contribution in [-0.4, -0.2) is 31.4 Å². The molecule has 52 heavy (non-hydrogen) atoms. The number of carbonyl (C=O) groups excluding carboxylic acids is 2. The first kappa shape index (κ1) is 37.5. The highest BCUT2D eigenvalue weighted by Gasteiger charge is 2.36. The minimum Gasteiger partial charge on any atom is -0.366 e. The van der Waals surface area contributed by atoms with Crippen LogP contribution in [0.4, 0.5) is 35.1 Å². The van der Waals surface area contributed by atoms with Gasteiger partial charge in [-0.2, -0.15) is 36.5 Å². The molecule has 268 valence electrons. The molecule has 0 fully saturated rings. The third-order valence-corrected chi connectivity index (χ3v) is 7.96. The third kappa shape index (κ3) is 8.24. The van der Waals surface area contributed by atoms with E-state index in [-0.39, 0.29) is 43.8 Å². The molecule has 0 spiro atoms. The quantitative estimate of drug-likeness (QED) is 0.165. The molecule has 6 rings (SSSR count). The zero-order valence-electron chi connectivity index (χ0n) is 25.8. The number of hydrogen-bond acceptors (Lipinski definition) is 4. The number of primary amides is 2. The summed E-state index contributed by atoms with van der Waals surface area (Å²) in [6.45, 7) is 0. The second-order valence-electron chi connectivity index (χ2n) is 10.7. The Hall–Kier alpha value is -5.74. The second-order valence-corrected chi connectivity index (χ2v) is 11.5. The number of carbonyl (C=O) groups is 2. The molecule has 0 aliphatic rings. The minimum absolute atomic E-state index is 0.00544. The van der Waals surface area contributed by atoms with Crippen molar-refractivity contribution < 1.29 is 44.7 Å². The van der Waals surface area contributed by atoms with E-state index in [1.165, 1.54) is 60.7 Å². The van der Waals surface area contributed by atoms with Gasteiger partial charge in [-0.3, -0.25) is 9.59 Å². The van der Waals surface area contributed by atoms with E-state index in [1.807, 2.05) is 0 Å². The Morgan fingerprint density at radius 2 is 0.942 bits per heavy atom. The summed E-state index contributed by atoms with van der Waals surface area (Å²) in [6.07, 6.45) is -9.35. The summed E-state index contributed by atoms with van der Waals surface area (Å²) in [4.78, 5) is 22.3. The summed E-state index contributed by atoms with van der Waals surface area (Å²) >= 11 is 11.9. The van der Waals surface area contributed by atoms with Crippen molar-refractivity contribution in [3.05, 3.63) is 141 Å². The summed E-state index contributed by atoms with van der Waals surface area (Å²) in [7, 11) is 0. The van der Waals surface area contributed by atoms with Crippen LogP contribution in [0.2, 0.25) is 10.0 Å².